The molecule has 12 heavy (non-hydrogen) atoms. The zero-order chi connectivity index (χ0) is 9.19. The number of aliphatic hydroxyl groups is 1. The fourth-order valence-electron chi connectivity index (χ4n) is 0.688. The Morgan fingerprint density at radius 1 is 1.58 bits per heavy atom. The number of thiophene rings is 1. The summed E-state index contributed by atoms with van der Waals surface area (Å²) in [6.07, 6.45) is 0. The molecule has 0 aromatic carbocycles. The molecule has 0 unspecified atom stereocenters. The Morgan fingerprint density at radius 2 is 2.25 bits per heavy atom. The third-order valence-corrected chi connectivity index (χ3v) is 4.30. The van der Waals surface area contributed by atoms with E-state index < -0.39 is 10.0 Å². The van der Waals surface area contributed by atoms with Crippen LogP contribution in [-0.2, 0) is 16.6 Å². The molecule has 1 heterocycles. The molecule has 0 radical (unpaired) electrons. The number of hydrogen-bond donors (Lipinski definition) is 2. The molecule has 1 aromatic rings. The van der Waals surface area contributed by atoms with Crippen LogP contribution in [0.5, 0.6) is 0 Å². The quantitative estimate of drug-likeness (QED) is 0.741. The van der Waals surface area contributed by atoms with Crippen molar-refractivity contribution >= 4 is 21.4 Å². The van der Waals surface area contributed by atoms with Gasteiger partial charge in [0.2, 0.25) is 10.0 Å². The summed E-state index contributed by atoms with van der Waals surface area (Å²) in [5.74, 6) is 0. The number of hydrogen-bond acceptors (Lipinski definition) is 4. The highest BCUT2D eigenvalue weighted by atomic mass is 32.2. The number of rotatable bonds is 3. The van der Waals surface area contributed by atoms with Crippen molar-refractivity contribution in [2.45, 2.75) is 10.8 Å². The van der Waals surface area contributed by atoms with Gasteiger partial charge in [0.25, 0.3) is 0 Å². The van der Waals surface area contributed by atoms with Crippen LogP contribution in [0, 0.1) is 0 Å². The van der Waals surface area contributed by atoms with Crippen molar-refractivity contribution in [2.75, 3.05) is 7.05 Å². The van der Waals surface area contributed by atoms with Crippen molar-refractivity contribution < 1.29 is 13.5 Å². The molecule has 68 valence electrons. The van der Waals surface area contributed by atoms with E-state index in [0.717, 1.165) is 11.3 Å². The van der Waals surface area contributed by atoms with Gasteiger partial charge in [-0.25, -0.2) is 13.1 Å². The lowest BCUT2D eigenvalue weighted by atomic mass is 10.5. The minimum absolute atomic E-state index is 0.121. The summed E-state index contributed by atoms with van der Waals surface area (Å²) in [5, 5.41) is 8.68. The van der Waals surface area contributed by atoms with Gasteiger partial charge in [-0.05, 0) is 19.2 Å². The van der Waals surface area contributed by atoms with Crippen molar-refractivity contribution in [1.82, 2.24) is 4.72 Å². The predicted molar refractivity (Wildman–Crippen MR) is 46.5 cm³/mol. The van der Waals surface area contributed by atoms with Crippen molar-refractivity contribution in [3.63, 3.8) is 0 Å². The van der Waals surface area contributed by atoms with E-state index >= 15 is 0 Å². The van der Waals surface area contributed by atoms with Gasteiger partial charge in [-0.15, -0.1) is 11.3 Å². The molecule has 4 nitrogen and oxygen atoms in total. The Morgan fingerprint density at radius 3 is 2.67 bits per heavy atom. The van der Waals surface area contributed by atoms with E-state index in [1.165, 1.54) is 13.1 Å². The second-order valence-electron chi connectivity index (χ2n) is 2.09. The minimum Gasteiger partial charge on any atom is -0.391 e. The van der Waals surface area contributed by atoms with Gasteiger partial charge >= 0.3 is 0 Å². The summed E-state index contributed by atoms with van der Waals surface area (Å²) < 4.78 is 24.7. The topological polar surface area (TPSA) is 66.4 Å². The van der Waals surface area contributed by atoms with E-state index in [-0.39, 0.29) is 10.8 Å². The maximum Gasteiger partial charge on any atom is 0.249 e. The zero-order valence-corrected chi connectivity index (χ0v) is 8.08. The van der Waals surface area contributed by atoms with Gasteiger partial charge in [-0.2, -0.15) is 0 Å². The van der Waals surface area contributed by atoms with Gasteiger partial charge in [-0.1, -0.05) is 0 Å². The summed E-state index contributed by atoms with van der Waals surface area (Å²) in [4.78, 5) is 0.642. The number of nitrogens with one attached hydrogen (secondary N) is 1. The van der Waals surface area contributed by atoms with Crippen LogP contribution in [0.3, 0.4) is 0 Å². The van der Waals surface area contributed by atoms with Crippen molar-refractivity contribution in [2.24, 2.45) is 0 Å². The monoisotopic (exact) mass is 207 g/mol. The maximum atomic E-state index is 11.1. The number of aliphatic hydroxyl groups excluding tert-OH is 1. The first kappa shape index (κ1) is 9.66. The van der Waals surface area contributed by atoms with Gasteiger partial charge in [0.05, 0.1) is 6.61 Å². The molecule has 0 aliphatic carbocycles. The molecule has 0 saturated carbocycles. The highest BCUT2D eigenvalue weighted by Crippen LogP contribution is 2.20. The van der Waals surface area contributed by atoms with Crippen LogP contribution >= 0.6 is 11.3 Å². The van der Waals surface area contributed by atoms with Crippen molar-refractivity contribution in [1.29, 1.82) is 0 Å². The van der Waals surface area contributed by atoms with Gasteiger partial charge in [0, 0.05) is 4.88 Å². The first-order valence-electron chi connectivity index (χ1n) is 3.23. The molecule has 2 N–H and O–H groups in total. The Labute approximate surface area is 74.9 Å². The average Bonchev–Trinajstić information content (AvgIpc) is 2.52. The third-order valence-electron chi connectivity index (χ3n) is 1.33. The van der Waals surface area contributed by atoms with E-state index in [9.17, 15) is 8.42 Å². The van der Waals surface area contributed by atoms with Gasteiger partial charge < -0.3 is 5.11 Å². The summed E-state index contributed by atoms with van der Waals surface area (Å²) in [5.41, 5.74) is 0. The van der Waals surface area contributed by atoms with E-state index in [1.54, 1.807) is 6.07 Å². The molecule has 0 amide bonds. The molecular formula is C6H9NO3S2. The Hall–Kier alpha value is -0.430. The summed E-state index contributed by atoms with van der Waals surface area (Å²) in [6, 6.07) is 3.07. The molecule has 6 heteroatoms. The van der Waals surface area contributed by atoms with Crippen LogP contribution in [0.1, 0.15) is 4.88 Å². The zero-order valence-electron chi connectivity index (χ0n) is 6.44. The molecule has 1 rings (SSSR count). The van der Waals surface area contributed by atoms with E-state index in [4.69, 9.17) is 5.11 Å². The fraction of sp³-hybridized carbons (Fsp3) is 0.333. The van der Waals surface area contributed by atoms with Gasteiger partial charge in [0.1, 0.15) is 4.21 Å². The van der Waals surface area contributed by atoms with E-state index in [1.807, 2.05) is 0 Å². The summed E-state index contributed by atoms with van der Waals surface area (Å²) in [7, 11) is -1.98. The third kappa shape index (κ3) is 1.84. The lowest BCUT2D eigenvalue weighted by molar-refractivity contribution is 0.285. The van der Waals surface area contributed by atoms with Crippen molar-refractivity contribution in [3.8, 4) is 0 Å². The molecule has 0 bridgehead atoms. The second-order valence-corrected chi connectivity index (χ2v) is 5.37. The molecule has 0 fully saturated rings. The van der Waals surface area contributed by atoms with Gasteiger partial charge in [0.15, 0.2) is 0 Å². The molecule has 0 spiro atoms. The van der Waals surface area contributed by atoms with Gasteiger partial charge in [-0.3, -0.25) is 0 Å². The summed E-state index contributed by atoms with van der Waals surface area (Å²) >= 11 is 1.06. The summed E-state index contributed by atoms with van der Waals surface area (Å²) in [6.45, 7) is -0.121. The molecular weight excluding hydrogens is 198 g/mol. The highest BCUT2D eigenvalue weighted by molar-refractivity contribution is 7.91. The lowest BCUT2D eigenvalue weighted by Gasteiger charge is -1.95. The van der Waals surface area contributed by atoms with E-state index in [0.29, 0.717) is 4.88 Å². The van der Waals surface area contributed by atoms with Crippen LogP contribution < -0.4 is 4.72 Å². The Balaban J connectivity index is 3.05. The average molecular weight is 207 g/mol. The fourth-order valence-corrected chi connectivity index (χ4v) is 2.74. The normalized spacial score (nSPS) is 11.8. The van der Waals surface area contributed by atoms with Crippen LogP contribution in [0.15, 0.2) is 16.3 Å². The predicted octanol–water partition coefficient (Wildman–Crippen LogP) is 0.148. The first-order valence-corrected chi connectivity index (χ1v) is 5.53. The van der Waals surface area contributed by atoms with Crippen LogP contribution in [-0.4, -0.2) is 20.6 Å². The maximum absolute atomic E-state index is 11.1. The Bertz CT molecular complexity index is 355. The largest absolute Gasteiger partial charge is 0.391 e. The molecule has 0 atom stereocenters. The lowest BCUT2D eigenvalue weighted by Crippen LogP contribution is -2.17. The minimum atomic E-state index is -3.33. The molecule has 1 aromatic heterocycles. The highest BCUT2D eigenvalue weighted by Gasteiger charge is 2.13. The molecule has 0 aliphatic rings. The van der Waals surface area contributed by atoms with Crippen LogP contribution in [0.25, 0.3) is 0 Å². The smallest absolute Gasteiger partial charge is 0.249 e. The number of sulfonamides is 1. The standard InChI is InChI=1S/C6H9NO3S2/c1-7-12(9,10)6-3-2-5(4-8)11-6/h2-3,7-8H,4H2,1H3. The van der Waals surface area contributed by atoms with Crippen LogP contribution in [0.4, 0.5) is 0 Å². The first-order chi connectivity index (χ1) is 5.60. The molecule has 0 saturated heterocycles. The molecule has 0 aliphatic heterocycles. The van der Waals surface area contributed by atoms with Crippen molar-refractivity contribution in [3.05, 3.63) is 17.0 Å². The SMILES string of the molecule is CNS(=O)(=O)c1ccc(CO)s1. The van der Waals surface area contributed by atoms with Crippen LogP contribution in [0.2, 0.25) is 0 Å². The second kappa shape index (κ2) is 3.53. The van der Waals surface area contributed by atoms with E-state index in [2.05, 4.69) is 4.72 Å². The Kier molecular flexibility index (Phi) is 2.84.